The maximum absolute atomic E-state index is 12.0. The lowest BCUT2D eigenvalue weighted by Gasteiger charge is -2.20. The summed E-state index contributed by atoms with van der Waals surface area (Å²) in [6, 6.07) is 5.63. The highest BCUT2D eigenvalue weighted by Crippen LogP contribution is 2.32. The molecular weight excluding hydrogens is 244 g/mol. The molecule has 0 aliphatic rings. The van der Waals surface area contributed by atoms with Crippen molar-refractivity contribution in [2.45, 2.75) is 6.42 Å². The maximum atomic E-state index is 12.0. The van der Waals surface area contributed by atoms with E-state index >= 15 is 0 Å². The van der Waals surface area contributed by atoms with Gasteiger partial charge in [0, 0.05) is 20.6 Å². The quantitative estimate of drug-likeness (QED) is 0.831. The second kappa shape index (κ2) is 6.99. The molecule has 1 atom stereocenters. The van der Waals surface area contributed by atoms with Crippen LogP contribution in [0, 0.1) is 5.92 Å². The molecule has 1 unspecified atom stereocenters. The Bertz CT molecular complexity index is 433. The van der Waals surface area contributed by atoms with E-state index in [-0.39, 0.29) is 11.8 Å². The minimum absolute atomic E-state index is 0.0207. The Kier molecular flexibility index (Phi) is 5.63. The Labute approximate surface area is 114 Å². The Morgan fingerprint density at radius 2 is 2.00 bits per heavy atom. The fraction of sp³-hybridized carbons (Fsp3) is 0.500. The van der Waals surface area contributed by atoms with E-state index in [9.17, 15) is 4.79 Å². The smallest absolute Gasteiger partial charge is 0.226 e. The summed E-state index contributed by atoms with van der Waals surface area (Å²) in [5, 5.41) is 0. The molecule has 19 heavy (non-hydrogen) atoms. The lowest BCUT2D eigenvalue weighted by atomic mass is 9.97. The minimum atomic E-state index is -0.254. The van der Waals surface area contributed by atoms with E-state index in [1.165, 1.54) is 0 Å². The lowest BCUT2D eigenvalue weighted by Crippen LogP contribution is -2.35. The number of hydrogen-bond acceptors (Lipinski definition) is 4. The number of nitrogens with zero attached hydrogens (tertiary/aromatic N) is 1. The third kappa shape index (κ3) is 3.61. The molecule has 0 aromatic heterocycles. The van der Waals surface area contributed by atoms with Crippen molar-refractivity contribution in [3.8, 4) is 11.5 Å². The van der Waals surface area contributed by atoms with Gasteiger partial charge in [-0.2, -0.15) is 0 Å². The van der Waals surface area contributed by atoms with E-state index < -0.39 is 0 Å². The van der Waals surface area contributed by atoms with Gasteiger partial charge in [0.1, 0.15) is 0 Å². The maximum Gasteiger partial charge on any atom is 0.226 e. The number of para-hydroxylation sites is 1. The van der Waals surface area contributed by atoms with E-state index in [0.29, 0.717) is 24.5 Å². The molecule has 5 nitrogen and oxygen atoms in total. The van der Waals surface area contributed by atoms with Crippen LogP contribution < -0.4 is 15.2 Å². The van der Waals surface area contributed by atoms with E-state index in [0.717, 1.165) is 5.56 Å². The predicted octanol–water partition coefficient (Wildman–Crippen LogP) is 0.909. The Morgan fingerprint density at radius 3 is 2.47 bits per heavy atom. The Morgan fingerprint density at radius 1 is 1.32 bits per heavy atom. The number of amides is 1. The first-order chi connectivity index (χ1) is 9.04. The number of carbonyl (C=O) groups excluding carboxylic acids is 1. The van der Waals surface area contributed by atoms with Crippen LogP contribution in [0.5, 0.6) is 11.5 Å². The number of benzene rings is 1. The van der Waals surface area contributed by atoms with Gasteiger partial charge < -0.3 is 20.1 Å². The van der Waals surface area contributed by atoms with Gasteiger partial charge in [-0.05, 0) is 18.1 Å². The van der Waals surface area contributed by atoms with Crippen LogP contribution in [0.1, 0.15) is 5.56 Å². The normalized spacial score (nSPS) is 11.8. The fourth-order valence-corrected chi connectivity index (χ4v) is 2.02. The molecule has 0 aliphatic heterocycles. The van der Waals surface area contributed by atoms with Gasteiger partial charge >= 0.3 is 0 Å². The van der Waals surface area contributed by atoms with Crippen LogP contribution in [0.2, 0.25) is 0 Å². The molecule has 0 aliphatic carbocycles. The summed E-state index contributed by atoms with van der Waals surface area (Å²) in [5.41, 5.74) is 6.63. The van der Waals surface area contributed by atoms with Crippen LogP contribution in [0.3, 0.4) is 0 Å². The van der Waals surface area contributed by atoms with Crippen molar-refractivity contribution in [2.24, 2.45) is 11.7 Å². The number of carbonyl (C=O) groups is 1. The highest BCUT2D eigenvalue weighted by molar-refractivity contribution is 5.79. The molecule has 1 rings (SSSR count). The first-order valence-corrected chi connectivity index (χ1v) is 6.16. The molecule has 5 heteroatoms. The van der Waals surface area contributed by atoms with Crippen molar-refractivity contribution in [3.63, 3.8) is 0 Å². The first-order valence-electron chi connectivity index (χ1n) is 6.16. The average Bonchev–Trinajstić information content (AvgIpc) is 2.43. The minimum Gasteiger partial charge on any atom is -0.493 e. The van der Waals surface area contributed by atoms with Crippen LogP contribution in [-0.2, 0) is 11.2 Å². The molecule has 1 aromatic carbocycles. The van der Waals surface area contributed by atoms with Crippen LogP contribution in [-0.4, -0.2) is 45.7 Å². The summed E-state index contributed by atoms with van der Waals surface area (Å²) >= 11 is 0. The van der Waals surface area contributed by atoms with Gasteiger partial charge in [0.2, 0.25) is 5.91 Å². The highest BCUT2D eigenvalue weighted by atomic mass is 16.5. The van der Waals surface area contributed by atoms with Gasteiger partial charge in [-0.25, -0.2) is 0 Å². The summed E-state index contributed by atoms with van der Waals surface area (Å²) < 4.78 is 10.6. The third-order valence-electron chi connectivity index (χ3n) is 3.03. The summed E-state index contributed by atoms with van der Waals surface area (Å²) in [6.07, 6.45) is 0.536. The van der Waals surface area contributed by atoms with Crippen molar-refractivity contribution >= 4 is 5.91 Å². The van der Waals surface area contributed by atoms with E-state index in [1.54, 1.807) is 33.2 Å². The zero-order chi connectivity index (χ0) is 14.4. The van der Waals surface area contributed by atoms with Crippen LogP contribution in [0.4, 0.5) is 0 Å². The summed E-state index contributed by atoms with van der Waals surface area (Å²) in [5.74, 6) is 1.09. The zero-order valence-corrected chi connectivity index (χ0v) is 12.0. The number of hydrogen-bond donors (Lipinski definition) is 1. The van der Waals surface area contributed by atoms with Crippen LogP contribution >= 0.6 is 0 Å². The molecule has 0 bridgehead atoms. The van der Waals surface area contributed by atoms with Gasteiger partial charge in [0.15, 0.2) is 11.5 Å². The van der Waals surface area contributed by atoms with Crippen molar-refractivity contribution in [1.29, 1.82) is 0 Å². The zero-order valence-electron chi connectivity index (χ0n) is 12.0. The summed E-state index contributed by atoms with van der Waals surface area (Å²) in [4.78, 5) is 13.6. The molecule has 0 fully saturated rings. The van der Waals surface area contributed by atoms with Crippen molar-refractivity contribution < 1.29 is 14.3 Å². The molecule has 1 aromatic rings. The molecule has 0 saturated carbocycles. The monoisotopic (exact) mass is 266 g/mol. The van der Waals surface area contributed by atoms with E-state index in [4.69, 9.17) is 15.2 Å². The third-order valence-corrected chi connectivity index (χ3v) is 3.03. The molecule has 2 N–H and O–H groups in total. The predicted molar refractivity (Wildman–Crippen MR) is 74.5 cm³/mol. The van der Waals surface area contributed by atoms with Gasteiger partial charge in [0.05, 0.1) is 20.1 Å². The SMILES string of the molecule is COc1cccc(CC(CN)C(=O)N(C)C)c1OC. The molecule has 0 saturated heterocycles. The second-order valence-electron chi connectivity index (χ2n) is 4.52. The van der Waals surface area contributed by atoms with Gasteiger partial charge in [-0.3, -0.25) is 4.79 Å². The average molecular weight is 266 g/mol. The number of nitrogens with two attached hydrogens (primary N) is 1. The molecule has 0 heterocycles. The number of rotatable bonds is 6. The van der Waals surface area contributed by atoms with E-state index in [2.05, 4.69) is 0 Å². The molecular formula is C14H22N2O3. The summed E-state index contributed by atoms with van der Waals surface area (Å²) in [7, 11) is 6.64. The van der Waals surface area contributed by atoms with Crippen LogP contribution in [0.15, 0.2) is 18.2 Å². The van der Waals surface area contributed by atoms with Gasteiger partial charge in [0.25, 0.3) is 0 Å². The second-order valence-corrected chi connectivity index (χ2v) is 4.52. The number of ether oxygens (including phenoxy) is 2. The topological polar surface area (TPSA) is 64.8 Å². The van der Waals surface area contributed by atoms with Crippen molar-refractivity contribution in [3.05, 3.63) is 23.8 Å². The fourth-order valence-electron chi connectivity index (χ4n) is 2.02. The molecule has 106 valence electrons. The first kappa shape index (κ1) is 15.3. The Hall–Kier alpha value is -1.75. The largest absolute Gasteiger partial charge is 0.493 e. The lowest BCUT2D eigenvalue weighted by molar-refractivity contribution is -0.132. The molecule has 0 radical (unpaired) electrons. The molecule has 1 amide bonds. The van der Waals surface area contributed by atoms with Gasteiger partial charge in [-0.15, -0.1) is 0 Å². The Balaban J connectivity index is 3.00. The van der Waals surface area contributed by atoms with Gasteiger partial charge in [-0.1, -0.05) is 12.1 Å². The molecule has 0 spiro atoms. The van der Waals surface area contributed by atoms with Crippen molar-refractivity contribution in [1.82, 2.24) is 4.90 Å². The summed E-state index contributed by atoms with van der Waals surface area (Å²) in [6.45, 7) is 0.303. The standard InChI is InChI=1S/C14H22N2O3/c1-16(2)14(17)11(9-15)8-10-6-5-7-12(18-3)13(10)19-4/h5-7,11H,8-9,15H2,1-4H3. The van der Waals surface area contributed by atoms with E-state index in [1.807, 2.05) is 18.2 Å². The highest BCUT2D eigenvalue weighted by Gasteiger charge is 2.21. The number of methoxy groups -OCH3 is 2. The van der Waals surface area contributed by atoms with Crippen LogP contribution in [0.25, 0.3) is 0 Å². The van der Waals surface area contributed by atoms with Crippen molar-refractivity contribution in [2.75, 3.05) is 34.9 Å².